The third kappa shape index (κ3) is 2.70. The van der Waals surface area contributed by atoms with Crippen molar-refractivity contribution >= 4 is 0 Å². The summed E-state index contributed by atoms with van der Waals surface area (Å²) in [6.45, 7) is 5.89. The highest BCUT2D eigenvalue weighted by Crippen LogP contribution is 2.32. The van der Waals surface area contributed by atoms with Gasteiger partial charge in [-0.3, -0.25) is 4.90 Å². The van der Waals surface area contributed by atoms with Crippen LogP contribution in [0.3, 0.4) is 0 Å². The van der Waals surface area contributed by atoms with Crippen molar-refractivity contribution in [3.63, 3.8) is 0 Å². The second kappa shape index (κ2) is 5.65. The van der Waals surface area contributed by atoms with Gasteiger partial charge in [-0.2, -0.15) is 0 Å². The first kappa shape index (κ1) is 12.6. The largest absolute Gasteiger partial charge is 0.394 e. The Labute approximate surface area is 104 Å². The fraction of sp³-hybridized carbons (Fsp3) is 0.600. The Morgan fingerprint density at radius 1 is 1.29 bits per heavy atom. The number of likely N-dealkylation sites (tertiary alicyclic amines) is 1. The minimum Gasteiger partial charge on any atom is -0.394 e. The molecule has 1 aliphatic heterocycles. The molecule has 2 heteroatoms. The summed E-state index contributed by atoms with van der Waals surface area (Å²) >= 11 is 0. The van der Waals surface area contributed by atoms with Crippen molar-refractivity contribution in [2.24, 2.45) is 5.92 Å². The molecule has 1 N–H and O–H groups in total. The van der Waals surface area contributed by atoms with Crippen molar-refractivity contribution in [1.29, 1.82) is 0 Å². The van der Waals surface area contributed by atoms with E-state index in [1.165, 1.54) is 18.4 Å². The van der Waals surface area contributed by atoms with Crippen LogP contribution in [0.25, 0.3) is 0 Å². The molecule has 94 valence electrons. The number of hydrogen-bond donors (Lipinski definition) is 1. The number of aliphatic hydroxyl groups is 1. The Kier molecular flexibility index (Phi) is 4.19. The number of rotatable bonds is 4. The molecule has 0 spiro atoms. The standard InChI is InChI=1S/C15H23NO/c1-12(2)14-9-6-10-16(14)15(11-17)13-7-4-3-5-8-13/h3-5,7-8,12,14-15,17H,6,9-11H2,1-2H3/t14-,15-/m0/s1. The van der Waals surface area contributed by atoms with Gasteiger partial charge in [0.25, 0.3) is 0 Å². The lowest BCUT2D eigenvalue weighted by Gasteiger charge is -2.34. The molecule has 1 fully saturated rings. The van der Waals surface area contributed by atoms with Crippen molar-refractivity contribution in [3.05, 3.63) is 35.9 Å². The van der Waals surface area contributed by atoms with Crippen LogP contribution in [0.15, 0.2) is 30.3 Å². The van der Waals surface area contributed by atoms with E-state index in [0.29, 0.717) is 12.0 Å². The van der Waals surface area contributed by atoms with E-state index in [1.807, 2.05) is 6.07 Å². The number of benzene rings is 1. The van der Waals surface area contributed by atoms with Crippen LogP contribution in [-0.4, -0.2) is 29.2 Å². The molecular formula is C15H23NO. The lowest BCUT2D eigenvalue weighted by atomic mass is 9.98. The highest BCUT2D eigenvalue weighted by molar-refractivity contribution is 5.19. The van der Waals surface area contributed by atoms with E-state index in [4.69, 9.17) is 0 Å². The van der Waals surface area contributed by atoms with Crippen molar-refractivity contribution < 1.29 is 5.11 Å². The fourth-order valence-electron chi connectivity index (χ4n) is 2.99. The Morgan fingerprint density at radius 3 is 2.59 bits per heavy atom. The lowest BCUT2D eigenvalue weighted by Crippen LogP contribution is -2.38. The van der Waals surface area contributed by atoms with E-state index >= 15 is 0 Å². The predicted octanol–water partition coefficient (Wildman–Crippen LogP) is 2.84. The van der Waals surface area contributed by atoms with Crippen molar-refractivity contribution in [3.8, 4) is 0 Å². The zero-order valence-electron chi connectivity index (χ0n) is 10.8. The van der Waals surface area contributed by atoms with Gasteiger partial charge in [0.1, 0.15) is 0 Å². The van der Waals surface area contributed by atoms with Gasteiger partial charge >= 0.3 is 0 Å². The van der Waals surface area contributed by atoms with Crippen LogP contribution in [0, 0.1) is 5.92 Å². The van der Waals surface area contributed by atoms with Gasteiger partial charge in [0.15, 0.2) is 0 Å². The van der Waals surface area contributed by atoms with Gasteiger partial charge in [-0.1, -0.05) is 44.2 Å². The Hall–Kier alpha value is -0.860. The van der Waals surface area contributed by atoms with Gasteiger partial charge in [-0.05, 0) is 30.9 Å². The Bertz CT molecular complexity index is 336. The molecule has 0 unspecified atom stereocenters. The van der Waals surface area contributed by atoms with Crippen LogP contribution in [-0.2, 0) is 0 Å². The molecule has 0 saturated carbocycles. The molecule has 0 radical (unpaired) electrons. The number of aliphatic hydroxyl groups excluding tert-OH is 1. The zero-order valence-corrected chi connectivity index (χ0v) is 10.8. The second-order valence-electron chi connectivity index (χ2n) is 5.30. The SMILES string of the molecule is CC(C)[C@@H]1CCCN1[C@@H](CO)c1ccccc1. The van der Waals surface area contributed by atoms with Gasteiger partial charge in [-0.25, -0.2) is 0 Å². The molecule has 0 aromatic heterocycles. The monoisotopic (exact) mass is 233 g/mol. The van der Waals surface area contributed by atoms with Crippen molar-refractivity contribution in [2.75, 3.05) is 13.2 Å². The minimum atomic E-state index is 0.172. The first-order valence-corrected chi connectivity index (χ1v) is 6.65. The van der Waals surface area contributed by atoms with E-state index < -0.39 is 0 Å². The number of hydrogen-bond acceptors (Lipinski definition) is 2. The normalized spacial score (nSPS) is 23.2. The van der Waals surface area contributed by atoms with E-state index in [-0.39, 0.29) is 12.6 Å². The summed E-state index contributed by atoms with van der Waals surface area (Å²) < 4.78 is 0. The third-order valence-corrected chi connectivity index (χ3v) is 3.87. The molecule has 1 aromatic carbocycles. The van der Waals surface area contributed by atoms with Crippen LogP contribution in [0.4, 0.5) is 0 Å². The first-order valence-electron chi connectivity index (χ1n) is 6.65. The summed E-state index contributed by atoms with van der Waals surface area (Å²) in [6.07, 6.45) is 2.52. The summed E-state index contributed by atoms with van der Waals surface area (Å²) in [5, 5.41) is 9.70. The molecule has 17 heavy (non-hydrogen) atoms. The molecule has 1 saturated heterocycles. The molecule has 1 aromatic rings. The molecule has 0 amide bonds. The maximum atomic E-state index is 9.70. The summed E-state index contributed by atoms with van der Waals surface area (Å²) in [5.41, 5.74) is 1.24. The van der Waals surface area contributed by atoms with Gasteiger partial charge in [0.05, 0.1) is 12.6 Å². The highest BCUT2D eigenvalue weighted by atomic mass is 16.3. The quantitative estimate of drug-likeness (QED) is 0.864. The van der Waals surface area contributed by atoms with Gasteiger partial charge < -0.3 is 5.11 Å². The lowest BCUT2D eigenvalue weighted by molar-refractivity contribution is 0.0929. The van der Waals surface area contributed by atoms with Crippen LogP contribution in [0.2, 0.25) is 0 Å². The molecule has 0 aliphatic carbocycles. The van der Waals surface area contributed by atoms with E-state index in [0.717, 1.165) is 6.54 Å². The van der Waals surface area contributed by atoms with Crippen LogP contribution in [0.1, 0.15) is 38.3 Å². The zero-order chi connectivity index (χ0) is 12.3. The molecule has 2 rings (SSSR count). The minimum absolute atomic E-state index is 0.172. The number of nitrogens with zero attached hydrogens (tertiary/aromatic N) is 1. The smallest absolute Gasteiger partial charge is 0.0628 e. The second-order valence-corrected chi connectivity index (χ2v) is 5.30. The fourth-order valence-corrected chi connectivity index (χ4v) is 2.99. The molecular weight excluding hydrogens is 210 g/mol. The average Bonchev–Trinajstić information content (AvgIpc) is 2.81. The van der Waals surface area contributed by atoms with E-state index in [1.54, 1.807) is 0 Å². The predicted molar refractivity (Wildman–Crippen MR) is 70.8 cm³/mol. The Morgan fingerprint density at radius 2 is 2.00 bits per heavy atom. The van der Waals surface area contributed by atoms with Crippen LogP contribution >= 0.6 is 0 Å². The van der Waals surface area contributed by atoms with E-state index in [2.05, 4.69) is 43.0 Å². The average molecular weight is 233 g/mol. The van der Waals surface area contributed by atoms with Crippen molar-refractivity contribution in [2.45, 2.75) is 38.8 Å². The topological polar surface area (TPSA) is 23.5 Å². The molecule has 2 nitrogen and oxygen atoms in total. The first-order chi connectivity index (χ1) is 8.24. The summed E-state index contributed by atoms with van der Waals surface area (Å²) in [7, 11) is 0. The van der Waals surface area contributed by atoms with Gasteiger partial charge in [0, 0.05) is 6.04 Å². The third-order valence-electron chi connectivity index (χ3n) is 3.87. The van der Waals surface area contributed by atoms with Crippen LogP contribution in [0.5, 0.6) is 0 Å². The maximum absolute atomic E-state index is 9.70. The van der Waals surface area contributed by atoms with Gasteiger partial charge in [-0.15, -0.1) is 0 Å². The van der Waals surface area contributed by atoms with Gasteiger partial charge in [0.2, 0.25) is 0 Å². The highest BCUT2D eigenvalue weighted by Gasteiger charge is 2.32. The summed E-state index contributed by atoms with van der Waals surface area (Å²) in [5.74, 6) is 0.662. The molecule has 1 aliphatic rings. The Balaban J connectivity index is 2.18. The molecule has 0 bridgehead atoms. The summed E-state index contributed by atoms with van der Waals surface area (Å²) in [6, 6.07) is 11.2. The molecule has 1 heterocycles. The molecule has 2 atom stereocenters. The summed E-state index contributed by atoms with van der Waals surface area (Å²) in [4.78, 5) is 2.49. The van der Waals surface area contributed by atoms with Crippen molar-refractivity contribution in [1.82, 2.24) is 4.90 Å². The van der Waals surface area contributed by atoms with E-state index in [9.17, 15) is 5.11 Å². The van der Waals surface area contributed by atoms with Crippen LogP contribution < -0.4 is 0 Å². The maximum Gasteiger partial charge on any atom is 0.0628 e.